The predicted octanol–water partition coefficient (Wildman–Crippen LogP) is 6.71. The van der Waals surface area contributed by atoms with Crippen LogP contribution >= 0.6 is 0 Å². The maximum absolute atomic E-state index is 13.4. The lowest BCUT2D eigenvalue weighted by Crippen LogP contribution is -2.28. The molecule has 7 heteroatoms. The van der Waals surface area contributed by atoms with E-state index in [-0.39, 0.29) is 24.3 Å². The molecule has 0 radical (unpaired) electrons. The van der Waals surface area contributed by atoms with Crippen molar-refractivity contribution in [2.75, 3.05) is 23.8 Å². The quantitative estimate of drug-likeness (QED) is 0.250. The van der Waals surface area contributed by atoms with Gasteiger partial charge in [-0.1, -0.05) is 48.5 Å². The minimum Gasteiger partial charge on any atom is -0.483 e. The number of nitrogens with one attached hydrogen (secondary N) is 2. The molecule has 0 saturated carbocycles. The van der Waals surface area contributed by atoms with Crippen LogP contribution in [0.2, 0.25) is 0 Å². The molecule has 2 N–H and O–H groups in total. The van der Waals surface area contributed by atoms with Crippen molar-refractivity contribution in [1.29, 1.82) is 0 Å². The SMILES string of the molecule is CCOC(=O)c1ccc(NC(=O)COc2ccccc2[C@@H]2Nc3ccc4ccccc4c3C3=C2C(=O)CCC3)cc1. The van der Waals surface area contributed by atoms with Crippen LogP contribution in [0.15, 0.2) is 90.5 Å². The Morgan fingerprint density at radius 2 is 1.71 bits per heavy atom. The topological polar surface area (TPSA) is 93.7 Å². The van der Waals surface area contributed by atoms with Crippen molar-refractivity contribution in [3.63, 3.8) is 0 Å². The molecule has 6 rings (SSSR count). The number of Topliss-reactive ketones (excluding diaryl/α,β-unsaturated/α-hetero) is 1. The average molecular weight is 547 g/mol. The zero-order valence-corrected chi connectivity index (χ0v) is 22.7. The highest BCUT2D eigenvalue weighted by Crippen LogP contribution is 2.49. The lowest BCUT2D eigenvalue weighted by atomic mass is 9.76. The van der Waals surface area contributed by atoms with E-state index in [4.69, 9.17) is 9.47 Å². The molecule has 41 heavy (non-hydrogen) atoms. The molecular formula is C34H30N2O5. The smallest absolute Gasteiger partial charge is 0.338 e. The number of fused-ring (bicyclic) bond motifs is 4. The molecule has 1 heterocycles. The summed E-state index contributed by atoms with van der Waals surface area (Å²) >= 11 is 0. The van der Waals surface area contributed by atoms with Crippen LogP contribution in [0.5, 0.6) is 5.75 Å². The van der Waals surface area contributed by atoms with Gasteiger partial charge in [-0.3, -0.25) is 9.59 Å². The van der Waals surface area contributed by atoms with Crippen LogP contribution in [0.4, 0.5) is 11.4 Å². The molecule has 1 atom stereocenters. The Bertz CT molecular complexity index is 1690. The Morgan fingerprint density at radius 3 is 2.54 bits per heavy atom. The molecule has 7 nitrogen and oxygen atoms in total. The molecule has 2 aliphatic rings. The fourth-order valence-electron chi connectivity index (χ4n) is 5.73. The maximum atomic E-state index is 13.4. The van der Waals surface area contributed by atoms with Crippen molar-refractivity contribution in [3.05, 3.63) is 107 Å². The molecule has 0 saturated heterocycles. The first-order valence-corrected chi connectivity index (χ1v) is 13.9. The second-order valence-electron chi connectivity index (χ2n) is 10.1. The van der Waals surface area contributed by atoms with Crippen molar-refractivity contribution >= 4 is 45.4 Å². The van der Waals surface area contributed by atoms with Gasteiger partial charge in [-0.15, -0.1) is 0 Å². The van der Waals surface area contributed by atoms with Crippen LogP contribution in [0, 0.1) is 0 Å². The number of benzene rings is 4. The van der Waals surface area contributed by atoms with Crippen LogP contribution in [0.25, 0.3) is 16.3 Å². The highest BCUT2D eigenvalue weighted by Gasteiger charge is 2.36. The molecule has 0 bridgehead atoms. The van der Waals surface area contributed by atoms with Gasteiger partial charge >= 0.3 is 5.97 Å². The number of esters is 1. The molecule has 1 aliphatic carbocycles. The molecule has 4 aromatic rings. The first-order valence-electron chi connectivity index (χ1n) is 13.9. The van der Waals surface area contributed by atoms with Crippen LogP contribution in [-0.2, 0) is 14.3 Å². The number of ether oxygens (including phenoxy) is 2. The highest BCUT2D eigenvalue weighted by molar-refractivity contribution is 6.12. The summed E-state index contributed by atoms with van der Waals surface area (Å²) in [4.78, 5) is 38.0. The summed E-state index contributed by atoms with van der Waals surface area (Å²) in [5, 5.41) is 8.70. The molecule has 0 fully saturated rings. The number of rotatable bonds is 7. The largest absolute Gasteiger partial charge is 0.483 e. The summed E-state index contributed by atoms with van der Waals surface area (Å²) in [5.41, 5.74) is 5.73. The number of amides is 1. The molecule has 1 amide bonds. The number of hydrogen-bond donors (Lipinski definition) is 2. The van der Waals surface area contributed by atoms with E-state index in [1.54, 1.807) is 31.2 Å². The van der Waals surface area contributed by atoms with Gasteiger partial charge in [-0.25, -0.2) is 4.79 Å². The first-order chi connectivity index (χ1) is 20.0. The summed E-state index contributed by atoms with van der Waals surface area (Å²) in [6.45, 7) is 1.83. The monoisotopic (exact) mass is 546 g/mol. The van der Waals surface area contributed by atoms with Crippen LogP contribution in [0.3, 0.4) is 0 Å². The zero-order chi connectivity index (χ0) is 28.3. The van der Waals surface area contributed by atoms with Crippen LogP contribution in [0.1, 0.15) is 53.7 Å². The normalized spacial score (nSPS) is 15.9. The summed E-state index contributed by atoms with van der Waals surface area (Å²) < 4.78 is 11.0. The Hall–Kier alpha value is -4.91. The highest BCUT2D eigenvalue weighted by atomic mass is 16.5. The number of anilines is 2. The van der Waals surface area contributed by atoms with E-state index in [9.17, 15) is 14.4 Å². The molecule has 1 aliphatic heterocycles. The molecule has 0 unspecified atom stereocenters. The van der Waals surface area contributed by atoms with E-state index >= 15 is 0 Å². The minimum atomic E-state index is -0.410. The molecular weight excluding hydrogens is 516 g/mol. The van der Waals surface area contributed by atoms with Gasteiger partial charge < -0.3 is 20.1 Å². The first kappa shape index (κ1) is 26.3. The van der Waals surface area contributed by atoms with E-state index in [2.05, 4.69) is 34.9 Å². The number of ketones is 1. The van der Waals surface area contributed by atoms with E-state index in [1.807, 2.05) is 36.4 Å². The van der Waals surface area contributed by atoms with E-state index < -0.39 is 5.97 Å². The van der Waals surface area contributed by atoms with Crippen LogP contribution < -0.4 is 15.4 Å². The minimum absolute atomic E-state index is 0.140. The van der Waals surface area contributed by atoms with Gasteiger partial charge in [-0.2, -0.15) is 0 Å². The molecule has 0 aromatic heterocycles. The van der Waals surface area contributed by atoms with Gasteiger partial charge in [0, 0.05) is 34.5 Å². The van der Waals surface area contributed by atoms with E-state index in [0.29, 0.717) is 30.0 Å². The summed E-state index contributed by atoms with van der Waals surface area (Å²) in [7, 11) is 0. The van der Waals surface area contributed by atoms with Crippen molar-refractivity contribution in [1.82, 2.24) is 0 Å². The molecule has 206 valence electrons. The van der Waals surface area contributed by atoms with Crippen molar-refractivity contribution in [2.24, 2.45) is 0 Å². The lowest BCUT2D eigenvalue weighted by molar-refractivity contribution is -0.118. The molecule has 0 spiro atoms. The number of carbonyl (C=O) groups is 3. The Morgan fingerprint density at radius 1 is 0.927 bits per heavy atom. The third-order valence-corrected chi connectivity index (χ3v) is 7.54. The Kier molecular flexibility index (Phi) is 7.25. The standard InChI is InChI=1S/C34H30N2O5/c1-2-40-34(39)22-14-17-23(18-15-22)35-30(38)20-41-29-13-6-5-10-25(29)33-32-26(11-7-12-28(32)37)31-24-9-4-3-8-21(24)16-19-27(31)36-33/h3-6,8-10,13-19,33,36H,2,7,11-12,20H2,1H3,(H,35,38)/t33-/m0/s1. The van der Waals surface area contributed by atoms with Gasteiger partial charge in [0.05, 0.1) is 18.2 Å². The Labute approximate surface area is 238 Å². The fraction of sp³-hybridized carbons (Fsp3) is 0.206. The molecule has 4 aromatic carbocycles. The van der Waals surface area contributed by atoms with Gasteiger partial charge in [-0.05, 0) is 72.5 Å². The second kappa shape index (κ2) is 11.3. The number of hydrogen-bond acceptors (Lipinski definition) is 6. The van der Waals surface area contributed by atoms with Gasteiger partial charge in [0.25, 0.3) is 5.91 Å². The maximum Gasteiger partial charge on any atom is 0.338 e. The third kappa shape index (κ3) is 5.18. The van der Waals surface area contributed by atoms with Gasteiger partial charge in [0.2, 0.25) is 0 Å². The van der Waals surface area contributed by atoms with Gasteiger partial charge in [0.15, 0.2) is 12.4 Å². The van der Waals surface area contributed by atoms with E-state index in [1.165, 1.54) is 0 Å². The summed E-state index contributed by atoms with van der Waals surface area (Å²) in [5.74, 6) is -0.0775. The number of carbonyl (C=O) groups excluding carboxylic acids is 3. The van der Waals surface area contributed by atoms with Gasteiger partial charge in [0.1, 0.15) is 5.75 Å². The third-order valence-electron chi connectivity index (χ3n) is 7.54. The second-order valence-corrected chi connectivity index (χ2v) is 10.1. The lowest BCUT2D eigenvalue weighted by Gasteiger charge is -2.35. The average Bonchev–Trinajstić information content (AvgIpc) is 3.00. The fourth-order valence-corrected chi connectivity index (χ4v) is 5.73. The van der Waals surface area contributed by atoms with Crippen molar-refractivity contribution in [3.8, 4) is 5.75 Å². The van der Waals surface area contributed by atoms with Crippen molar-refractivity contribution in [2.45, 2.75) is 32.2 Å². The Balaban J connectivity index is 1.25. The summed E-state index contributed by atoms with van der Waals surface area (Å²) in [6, 6.07) is 26.1. The summed E-state index contributed by atoms with van der Waals surface area (Å²) in [6.07, 6.45) is 2.17. The zero-order valence-electron chi connectivity index (χ0n) is 22.7. The van der Waals surface area contributed by atoms with E-state index in [0.717, 1.165) is 51.6 Å². The number of para-hydroxylation sites is 1. The number of allylic oxidation sites excluding steroid dienone is 1. The van der Waals surface area contributed by atoms with Crippen LogP contribution in [-0.4, -0.2) is 30.9 Å². The van der Waals surface area contributed by atoms with Crippen molar-refractivity contribution < 1.29 is 23.9 Å². The predicted molar refractivity (Wildman–Crippen MR) is 159 cm³/mol.